The molecule has 0 amide bonds. The zero-order chi connectivity index (χ0) is 20.2. The maximum absolute atomic E-state index is 12.3. The van der Waals surface area contributed by atoms with E-state index in [1.165, 1.54) is 11.1 Å². The average Bonchev–Trinajstić information content (AvgIpc) is 2.67. The molecule has 3 aromatic rings. The predicted octanol–water partition coefficient (Wildman–Crippen LogP) is 5.55. The van der Waals surface area contributed by atoms with Gasteiger partial charge in [-0.05, 0) is 34.9 Å². The summed E-state index contributed by atoms with van der Waals surface area (Å²) in [5, 5.41) is 1.03. The summed E-state index contributed by atoms with van der Waals surface area (Å²) >= 11 is 12.0. The second-order valence-corrected chi connectivity index (χ2v) is 8.12. The summed E-state index contributed by atoms with van der Waals surface area (Å²) < 4.78 is 5.66. The molecule has 0 aliphatic carbocycles. The van der Waals surface area contributed by atoms with E-state index in [9.17, 15) is 4.79 Å². The first kappa shape index (κ1) is 20.0. The van der Waals surface area contributed by atoms with Gasteiger partial charge in [0.1, 0.15) is 6.10 Å². The highest BCUT2D eigenvalue weighted by atomic mass is 35.5. The maximum atomic E-state index is 12.3. The molecule has 3 aromatic carbocycles. The van der Waals surface area contributed by atoms with Crippen molar-refractivity contribution in [2.75, 3.05) is 13.1 Å². The second kappa shape index (κ2) is 9.00. The molecule has 148 valence electrons. The summed E-state index contributed by atoms with van der Waals surface area (Å²) in [7, 11) is 0. The lowest BCUT2D eigenvalue weighted by Crippen LogP contribution is -2.54. The first-order chi connectivity index (χ1) is 14.1. The van der Waals surface area contributed by atoms with Crippen molar-refractivity contribution < 1.29 is 9.53 Å². The lowest BCUT2D eigenvalue weighted by molar-refractivity contribution is -0.157. The molecule has 0 N–H and O–H groups in total. The quantitative estimate of drug-likeness (QED) is 0.484. The Morgan fingerprint density at radius 3 is 1.93 bits per heavy atom. The number of ether oxygens (including phenoxy) is 1. The molecule has 5 heteroatoms. The zero-order valence-corrected chi connectivity index (χ0v) is 17.3. The van der Waals surface area contributed by atoms with E-state index >= 15 is 0 Å². The summed E-state index contributed by atoms with van der Waals surface area (Å²) in [5.41, 5.74) is 3.23. The average molecular weight is 426 g/mol. The van der Waals surface area contributed by atoms with Crippen molar-refractivity contribution in [3.05, 3.63) is 106 Å². The standard InChI is InChI=1S/C24H21Cl2NO2/c25-20-11-17(12-21(26)14-20)13-23(28)29-22-15-27(16-22)24(18-7-3-1-4-8-18)19-9-5-2-6-10-19/h1-12,14,22,24H,13,15-16H2. The highest BCUT2D eigenvalue weighted by Crippen LogP contribution is 2.33. The molecule has 0 unspecified atom stereocenters. The topological polar surface area (TPSA) is 29.5 Å². The molecule has 0 radical (unpaired) electrons. The Morgan fingerprint density at radius 2 is 1.41 bits per heavy atom. The van der Waals surface area contributed by atoms with E-state index < -0.39 is 0 Å². The van der Waals surface area contributed by atoms with Crippen LogP contribution in [0.5, 0.6) is 0 Å². The van der Waals surface area contributed by atoms with Crippen LogP contribution in [0.1, 0.15) is 22.7 Å². The van der Waals surface area contributed by atoms with Gasteiger partial charge in [-0.2, -0.15) is 0 Å². The summed E-state index contributed by atoms with van der Waals surface area (Å²) in [6.07, 6.45) is 0.0597. The third-order valence-electron chi connectivity index (χ3n) is 5.04. The Kier molecular flexibility index (Phi) is 6.19. The first-order valence-corrected chi connectivity index (χ1v) is 10.3. The van der Waals surface area contributed by atoms with Gasteiger partial charge < -0.3 is 4.74 Å². The summed E-state index contributed by atoms with van der Waals surface area (Å²) in [6.45, 7) is 1.41. The Labute approximate surface area is 180 Å². The minimum Gasteiger partial charge on any atom is -0.459 e. The van der Waals surface area contributed by atoms with E-state index in [2.05, 4.69) is 53.4 Å². The van der Waals surface area contributed by atoms with Gasteiger partial charge in [0.15, 0.2) is 0 Å². The number of carbonyl (C=O) groups is 1. The van der Waals surface area contributed by atoms with Gasteiger partial charge in [0, 0.05) is 23.1 Å². The van der Waals surface area contributed by atoms with Gasteiger partial charge in [0.05, 0.1) is 12.5 Å². The molecule has 0 saturated carbocycles. The van der Waals surface area contributed by atoms with Crippen molar-refractivity contribution in [1.29, 1.82) is 0 Å². The van der Waals surface area contributed by atoms with Crippen molar-refractivity contribution >= 4 is 29.2 Å². The van der Waals surface area contributed by atoms with Crippen molar-refractivity contribution in [3.8, 4) is 0 Å². The van der Waals surface area contributed by atoms with Crippen LogP contribution in [0.2, 0.25) is 10.0 Å². The molecule has 0 bridgehead atoms. The van der Waals surface area contributed by atoms with Crippen LogP contribution < -0.4 is 0 Å². The molecule has 1 aliphatic rings. The number of hydrogen-bond donors (Lipinski definition) is 0. The fourth-order valence-corrected chi connectivity index (χ4v) is 4.32. The van der Waals surface area contributed by atoms with Crippen LogP contribution in [0.4, 0.5) is 0 Å². The minimum absolute atomic E-state index is 0.105. The Balaban J connectivity index is 1.39. The number of esters is 1. The van der Waals surface area contributed by atoms with E-state index in [0.717, 1.165) is 5.56 Å². The number of halogens is 2. The number of likely N-dealkylation sites (tertiary alicyclic amines) is 1. The summed E-state index contributed by atoms with van der Waals surface area (Å²) in [6, 6.07) is 26.1. The Bertz CT molecular complexity index is 913. The SMILES string of the molecule is O=C(Cc1cc(Cl)cc(Cl)c1)OC1CN(C(c2ccccc2)c2ccccc2)C1. The van der Waals surface area contributed by atoms with Gasteiger partial charge in [-0.3, -0.25) is 9.69 Å². The minimum atomic E-state index is -0.260. The lowest BCUT2D eigenvalue weighted by atomic mass is 9.94. The van der Waals surface area contributed by atoms with Crippen LogP contribution in [0.15, 0.2) is 78.9 Å². The number of nitrogens with zero attached hydrogens (tertiary/aromatic N) is 1. The van der Waals surface area contributed by atoms with E-state index in [1.807, 2.05) is 12.1 Å². The monoisotopic (exact) mass is 425 g/mol. The van der Waals surface area contributed by atoms with Crippen LogP contribution in [0.25, 0.3) is 0 Å². The Morgan fingerprint density at radius 1 is 0.897 bits per heavy atom. The Hall–Kier alpha value is -2.33. The molecular weight excluding hydrogens is 405 g/mol. The first-order valence-electron chi connectivity index (χ1n) is 9.57. The van der Waals surface area contributed by atoms with Crippen LogP contribution >= 0.6 is 23.2 Å². The molecule has 1 aliphatic heterocycles. The fraction of sp³-hybridized carbons (Fsp3) is 0.208. The van der Waals surface area contributed by atoms with Crippen LogP contribution in [0.3, 0.4) is 0 Å². The normalized spacial score (nSPS) is 14.6. The molecule has 0 atom stereocenters. The van der Waals surface area contributed by atoms with Crippen LogP contribution in [-0.4, -0.2) is 30.1 Å². The fourth-order valence-electron chi connectivity index (χ4n) is 3.75. The highest BCUT2D eigenvalue weighted by Gasteiger charge is 2.36. The number of benzene rings is 3. The van der Waals surface area contributed by atoms with E-state index in [1.54, 1.807) is 18.2 Å². The van der Waals surface area contributed by atoms with Gasteiger partial charge in [0.25, 0.3) is 0 Å². The largest absolute Gasteiger partial charge is 0.459 e. The van der Waals surface area contributed by atoms with Crippen molar-refractivity contribution in [2.24, 2.45) is 0 Å². The third-order valence-corrected chi connectivity index (χ3v) is 5.48. The van der Waals surface area contributed by atoms with E-state index in [-0.39, 0.29) is 24.5 Å². The number of rotatable bonds is 6. The van der Waals surface area contributed by atoms with Crippen molar-refractivity contribution in [2.45, 2.75) is 18.6 Å². The van der Waals surface area contributed by atoms with Gasteiger partial charge in [-0.1, -0.05) is 83.9 Å². The van der Waals surface area contributed by atoms with Crippen molar-refractivity contribution in [3.63, 3.8) is 0 Å². The third kappa shape index (κ3) is 4.99. The molecule has 4 rings (SSSR count). The van der Waals surface area contributed by atoms with Gasteiger partial charge >= 0.3 is 5.97 Å². The number of carbonyl (C=O) groups excluding carboxylic acids is 1. The van der Waals surface area contributed by atoms with E-state index in [4.69, 9.17) is 27.9 Å². The molecule has 0 spiro atoms. The smallest absolute Gasteiger partial charge is 0.310 e. The molecular formula is C24H21Cl2NO2. The molecule has 1 fully saturated rings. The maximum Gasteiger partial charge on any atom is 0.310 e. The second-order valence-electron chi connectivity index (χ2n) is 7.24. The molecule has 1 heterocycles. The predicted molar refractivity (Wildman–Crippen MR) is 116 cm³/mol. The number of hydrogen-bond acceptors (Lipinski definition) is 3. The molecule has 0 aromatic heterocycles. The summed E-state index contributed by atoms with van der Waals surface area (Å²) in [5.74, 6) is -0.260. The van der Waals surface area contributed by atoms with Crippen molar-refractivity contribution in [1.82, 2.24) is 4.90 Å². The lowest BCUT2D eigenvalue weighted by Gasteiger charge is -2.44. The van der Waals surface area contributed by atoms with Crippen LogP contribution in [-0.2, 0) is 16.0 Å². The molecule has 29 heavy (non-hydrogen) atoms. The van der Waals surface area contributed by atoms with Gasteiger partial charge in [-0.25, -0.2) is 0 Å². The van der Waals surface area contributed by atoms with Crippen LogP contribution in [0, 0.1) is 0 Å². The molecule has 3 nitrogen and oxygen atoms in total. The van der Waals surface area contributed by atoms with Gasteiger partial charge in [-0.15, -0.1) is 0 Å². The molecule has 1 saturated heterocycles. The summed E-state index contributed by atoms with van der Waals surface area (Å²) in [4.78, 5) is 14.7. The van der Waals surface area contributed by atoms with E-state index in [0.29, 0.717) is 23.1 Å². The zero-order valence-electron chi connectivity index (χ0n) is 15.8. The highest BCUT2D eigenvalue weighted by molar-refractivity contribution is 6.34. The van der Waals surface area contributed by atoms with Gasteiger partial charge in [0.2, 0.25) is 0 Å².